The largest absolute Gasteiger partial charge is 0.353 e. The summed E-state index contributed by atoms with van der Waals surface area (Å²) in [5, 5.41) is 2.97. The van der Waals surface area contributed by atoms with Crippen molar-refractivity contribution in [1.29, 1.82) is 0 Å². The number of rotatable bonds is 3. The Hall–Kier alpha value is -2.40. The number of aromatic nitrogens is 1. The van der Waals surface area contributed by atoms with Gasteiger partial charge < -0.3 is 15.1 Å². The summed E-state index contributed by atoms with van der Waals surface area (Å²) < 4.78 is 0. The van der Waals surface area contributed by atoms with Gasteiger partial charge in [0.05, 0.1) is 5.56 Å². The number of carbonyl (C=O) groups excluding carboxylic acids is 1. The molecule has 0 atom stereocenters. The fourth-order valence-electron chi connectivity index (χ4n) is 2.77. The topological polar surface area (TPSA) is 48.5 Å². The van der Waals surface area contributed by atoms with Gasteiger partial charge in [-0.15, -0.1) is 0 Å². The minimum Gasteiger partial charge on any atom is -0.353 e. The van der Waals surface area contributed by atoms with E-state index in [0.29, 0.717) is 5.56 Å². The standard InChI is InChI=1S/C18H22N4O/c1-14-5-3-6-15(13-14)20-18(23)16-7-4-8-19-17(16)22-11-9-21(2)10-12-22/h3-8,13H,9-12H2,1-2H3,(H,20,23). The molecular weight excluding hydrogens is 288 g/mol. The Morgan fingerprint density at radius 3 is 2.65 bits per heavy atom. The molecule has 2 aromatic rings. The average molecular weight is 310 g/mol. The van der Waals surface area contributed by atoms with Gasteiger partial charge in [-0.1, -0.05) is 12.1 Å². The molecule has 1 aromatic heterocycles. The number of piperazine rings is 1. The molecule has 1 N–H and O–H groups in total. The Balaban J connectivity index is 1.81. The highest BCUT2D eigenvalue weighted by molar-refractivity contribution is 6.07. The third-order valence-corrected chi connectivity index (χ3v) is 4.11. The third-order valence-electron chi connectivity index (χ3n) is 4.11. The molecule has 0 radical (unpaired) electrons. The predicted molar refractivity (Wildman–Crippen MR) is 93.1 cm³/mol. The monoisotopic (exact) mass is 310 g/mol. The lowest BCUT2D eigenvalue weighted by atomic mass is 10.2. The molecule has 1 saturated heterocycles. The molecule has 0 bridgehead atoms. The van der Waals surface area contributed by atoms with E-state index in [9.17, 15) is 4.79 Å². The number of benzene rings is 1. The van der Waals surface area contributed by atoms with Crippen LogP contribution < -0.4 is 10.2 Å². The zero-order valence-corrected chi connectivity index (χ0v) is 13.6. The number of hydrogen-bond donors (Lipinski definition) is 1. The average Bonchev–Trinajstić information content (AvgIpc) is 2.55. The summed E-state index contributed by atoms with van der Waals surface area (Å²) in [6.07, 6.45) is 1.75. The molecule has 120 valence electrons. The van der Waals surface area contributed by atoms with Crippen molar-refractivity contribution in [2.24, 2.45) is 0 Å². The number of nitrogens with one attached hydrogen (secondary N) is 1. The molecule has 5 heteroatoms. The second-order valence-electron chi connectivity index (χ2n) is 5.99. The number of amides is 1. The van der Waals surface area contributed by atoms with Crippen LogP contribution in [0.2, 0.25) is 0 Å². The van der Waals surface area contributed by atoms with E-state index < -0.39 is 0 Å². The lowest BCUT2D eigenvalue weighted by molar-refractivity contribution is 0.102. The number of likely N-dealkylation sites (N-methyl/N-ethyl adjacent to an activating group) is 1. The summed E-state index contributed by atoms with van der Waals surface area (Å²) >= 11 is 0. The van der Waals surface area contributed by atoms with Crippen LogP contribution in [0, 0.1) is 6.92 Å². The van der Waals surface area contributed by atoms with E-state index in [1.807, 2.05) is 43.3 Å². The maximum absolute atomic E-state index is 12.7. The lowest BCUT2D eigenvalue weighted by Gasteiger charge is -2.34. The zero-order valence-electron chi connectivity index (χ0n) is 13.6. The minimum atomic E-state index is -0.113. The Bertz CT molecular complexity index is 693. The fraction of sp³-hybridized carbons (Fsp3) is 0.333. The van der Waals surface area contributed by atoms with Gasteiger partial charge in [-0.05, 0) is 43.8 Å². The molecule has 5 nitrogen and oxygen atoms in total. The van der Waals surface area contributed by atoms with Gasteiger partial charge >= 0.3 is 0 Å². The van der Waals surface area contributed by atoms with Crippen LogP contribution in [-0.4, -0.2) is 49.0 Å². The van der Waals surface area contributed by atoms with E-state index in [2.05, 4.69) is 27.1 Å². The van der Waals surface area contributed by atoms with Crippen LogP contribution in [0.15, 0.2) is 42.6 Å². The van der Waals surface area contributed by atoms with E-state index in [0.717, 1.165) is 43.2 Å². The number of nitrogens with zero attached hydrogens (tertiary/aromatic N) is 3. The highest BCUT2D eigenvalue weighted by Crippen LogP contribution is 2.20. The second-order valence-corrected chi connectivity index (χ2v) is 5.99. The van der Waals surface area contributed by atoms with E-state index >= 15 is 0 Å². The van der Waals surface area contributed by atoms with Crippen LogP contribution >= 0.6 is 0 Å². The molecule has 1 aliphatic rings. The second kappa shape index (κ2) is 6.79. The van der Waals surface area contributed by atoms with Crippen LogP contribution in [-0.2, 0) is 0 Å². The number of hydrogen-bond acceptors (Lipinski definition) is 4. The van der Waals surface area contributed by atoms with E-state index in [1.54, 1.807) is 6.20 Å². The number of aryl methyl sites for hydroxylation is 1. The summed E-state index contributed by atoms with van der Waals surface area (Å²) in [4.78, 5) is 21.6. The van der Waals surface area contributed by atoms with Crippen molar-refractivity contribution in [3.05, 3.63) is 53.7 Å². The third kappa shape index (κ3) is 3.68. The van der Waals surface area contributed by atoms with Crippen molar-refractivity contribution >= 4 is 17.4 Å². The molecule has 0 unspecified atom stereocenters. The molecule has 23 heavy (non-hydrogen) atoms. The van der Waals surface area contributed by atoms with Gasteiger partial charge in [0.1, 0.15) is 5.82 Å². The number of anilines is 2. The SMILES string of the molecule is Cc1cccc(NC(=O)c2cccnc2N2CCN(C)CC2)c1. The quantitative estimate of drug-likeness (QED) is 0.946. The number of pyridine rings is 1. The molecule has 0 aliphatic carbocycles. The van der Waals surface area contributed by atoms with Crippen LogP contribution in [0.5, 0.6) is 0 Å². The minimum absolute atomic E-state index is 0.113. The first-order chi connectivity index (χ1) is 11.1. The Kier molecular flexibility index (Phi) is 4.57. The lowest BCUT2D eigenvalue weighted by Crippen LogP contribution is -2.45. The highest BCUT2D eigenvalue weighted by Gasteiger charge is 2.21. The first-order valence-corrected chi connectivity index (χ1v) is 7.90. The molecule has 3 rings (SSSR count). The summed E-state index contributed by atoms with van der Waals surface area (Å²) in [5.41, 5.74) is 2.55. The molecule has 0 saturated carbocycles. The smallest absolute Gasteiger partial charge is 0.259 e. The van der Waals surface area contributed by atoms with Gasteiger partial charge in [-0.25, -0.2) is 4.98 Å². The van der Waals surface area contributed by atoms with E-state index in [-0.39, 0.29) is 5.91 Å². The molecule has 0 spiro atoms. The van der Waals surface area contributed by atoms with Crippen molar-refractivity contribution in [1.82, 2.24) is 9.88 Å². The highest BCUT2D eigenvalue weighted by atomic mass is 16.1. The van der Waals surface area contributed by atoms with Crippen molar-refractivity contribution in [3.8, 4) is 0 Å². The molecule has 1 fully saturated rings. The van der Waals surface area contributed by atoms with Gasteiger partial charge in [0.15, 0.2) is 0 Å². The molecule has 1 aliphatic heterocycles. The van der Waals surface area contributed by atoms with Crippen molar-refractivity contribution < 1.29 is 4.79 Å². The molecule has 2 heterocycles. The Morgan fingerprint density at radius 2 is 1.91 bits per heavy atom. The van der Waals surface area contributed by atoms with Crippen LogP contribution in [0.4, 0.5) is 11.5 Å². The first-order valence-electron chi connectivity index (χ1n) is 7.90. The predicted octanol–water partition coefficient (Wildman–Crippen LogP) is 2.39. The van der Waals surface area contributed by atoms with Crippen LogP contribution in [0.1, 0.15) is 15.9 Å². The summed E-state index contributed by atoms with van der Waals surface area (Å²) in [7, 11) is 2.11. The Labute approximate surface area is 136 Å². The van der Waals surface area contributed by atoms with Gasteiger partial charge in [-0.3, -0.25) is 4.79 Å². The number of carbonyl (C=O) groups is 1. The van der Waals surface area contributed by atoms with Crippen molar-refractivity contribution in [2.45, 2.75) is 6.92 Å². The maximum Gasteiger partial charge on any atom is 0.259 e. The summed E-state index contributed by atoms with van der Waals surface area (Å²) in [6.45, 7) is 5.75. The Morgan fingerprint density at radius 1 is 1.13 bits per heavy atom. The van der Waals surface area contributed by atoms with Gasteiger partial charge in [-0.2, -0.15) is 0 Å². The fourth-order valence-corrected chi connectivity index (χ4v) is 2.77. The van der Waals surface area contributed by atoms with Gasteiger partial charge in [0.25, 0.3) is 5.91 Å². The van der Waals surface area contributed by atoms with E-state index in [4.69, 9.17) is 0 Å². The summed E-state index contributed by atoms with van der Waals surface area (Å²) in [5.74, 6) is 0.656. The van der Waals surface area contributed by atoms with E-state index in [1.165, 1.54) is 0 Å². The summed E-state index contributed by atoms with van der Waals surface area (Å²) in [6, 6.07) is 11.5. The van der Waals surface area contributed by atoms with Crippen LogP contribution in [0.3, 0.4) is 0 Å². The first kappa shape index (κ1) is 15.5. The molecule has 1 amide bonds. The normalized spacial score (nSPS) is 15.5. The molecule has 1 aromatic carbocycles. The van der Waals surface area contributed by atoms with Crippen LogP contribution in [0.25, 0.3) is 0 Å². The van der Waals surface area contributed by atoms with Crippen molar-refractivity contribution in [3.63, 3.8) is 0 Å². The van der Waals surface area contributed by atoms with Gasteiger partial charge in [0, 0.05) is 38.1 Å². The zero-order chi connectivity index (χ0) is 16.2. The molecular formula is C18H22N4O. The maximum atomic E-state index is 12.7. The van der Waals surface area contributed by atoms with Gasteiger partial charge in [0.2, 0.25) is 0 Å². The van der Waals surface area contributed by atoms with Crippen molar-refractivity contribution in [2.75, 3.05) is 43.4 Å².